The average Bonchev–Trinajstić information content (AvgIpc) is 2.31. The van der Waals surface area contributed by atoms with Gasteiger partial charge in [0.25, 0.3) is 0 Å². The summed E-state index contributed by atoms with van der Waals surface area (Å²) in [5, 5.41) is 3.35. The van der Waals surface area contributed by atoms with Crippen LogP contribution in [0.25, 0.3) is 0 Å². The molecule has 0 aromatic carbocycles. The van der Waals surface area contributed by atoms with Crippen LogP contribution in [0.4, 0.5) is 0 Å². The predicted octanol–water partition coefficient (Wildman–Crippen LogP) is 2.65. The van der Waals surface area contributed by atoms with Crippen molar-refractivity contribution in [2.24, 2.45) is 5.92 Å². The second-order valence-electron chi connectivity index (χ2n) is 4.45. The van der Waals surface area contributed by atoms with Crippen molar-refractivity contribution in [2.45, 2.75) is 25.8 Å². The maximum Gasteiger partial charge on any atom is 0.0488 e. The molecular weight excluding hydrogens is 280 g/mol. The minimum absolute atomic E-state index is 0.453. The molecule has 1 aromatic heterocycles. The first-order chi connectivity index (χ1) is 8.15. The lowest BCUT2D eigenvalue weighted by molar-refractivity contribution is 0.150. The van der Waals surface area contributed by atoms with Gasteiger partial charge in [-0.1, -0.05) is 6.92 Å². The summed E-state index contributed by atoms with van der Waals surface area (Å²) in [6, 6.07) is 4.55. The Bertz CT molecular complexity index is 316. The molecule has 0 saturated heterocycles. The van der Waals surface area contributed by atoms with E-state index in [0.717, 1.165) is 29.6 Å². The Morgan fingerprint density at radius 3 is 2.76 bits per heavy atom. The van der Waals surface area contributed by atoms with Crippen LogP contribution in [0.3, 0.4) is 0 Å². The summed E-state index contributed by atoms with van der Waals surface area (Å²) in [6.07, 6.45) is 3.90. The van der Waals surface area contributed by atoms with E-state index >= 15 is 0 Å². The number of nitrogens with zero attached hydrogens (tertiary/aromatic N) is 1. The van der Waals surface area contributed by atoms with Crippen molar-refractivity contribution < 1.29 is 4.74 Å². The van der Waals surface area contributed by atoms with E-state index in [1.165, 1.54) is 0 Å². The third-order valence-electron chi connectivity index (χ3n) is 2.79. The fourth-order valence-corrected chi connectivity index (χ4v) is 2.16. The Hall–Kier alpha value is -0.450. The van der Waals surface area contributed by atoms with Crippen molar-refractivity contribution in [2.75, 3.05) is 20.8 Å². The maximum atomic E-state index is 5.17. The van der Waals surface area contributed by atoms with E-state index in [4.69, 9.17) is 4.74 Å². The highest BCUT2D eigenvalue weighted by Crippen LogP contribution is 2.12. The molecule has 1 heterocycles. The first kappa shape index (κ1) is 14.6. The zero-order valence-corrected chi connectivity index (χ0v) is 12.3. The van der Waals surface area contributed by atoms with Gasteiger partial charge in [-0.2, -0.15) is 0 Å². The third-order valence-corrected chi connectivity index (χ3v) is 3.26. The van der Waals surface area contributed by atoms with Gasteiger partial charge in [0.05, 0.1) is 0 Å². The highest BCUT2D eigenvalue weighted by molar-refractivity contribution is 9.10. The normalized spacial score (nSPS) is 14.6. The van der Waals surface area contributed by atoms with Gasteiger partial charge < -0.3 is 10.1 Å². The molecule has 0 aliphatic rings. The van der Waals surface area contributed by atoms with Crippen molar-refractivity contribution >= 4 is 15.9 Å². The van der Waals surface area contributed by atoms with E-state index in [2.05, 4.69) is 39.2 Å². The molecule has 1 rings (SSSR count). The van der Waals surface area contributed by atoms with Gasteiger partial charge in [0, 0.05) is 42.5 Å². The van der Waals surface area contributed by atoms with Crippen molar-refractivity contribution in [3.8, 4) is 0 Å². The molecule has 2 unspecified atom stereocenters. The van der Waals surface area contributed by atoms with Crippen LogP contribution < -0.4 is 5.32 Å². The zero-order chi connectivity index (χ0) is 12.7. The number of halogens is 1. The van der Waals surface area contributed by atoms with Crippen LogP contribution in [0.5, 0.6) is 0 Å². The molecule has 0 radical (unpaired) electrons. The molecule has 0 bridgehead atoms. The van der Waals surface area contributed by atoms with E-state index in [1.54, 1.807) is 7.11 Å². The largest absolute Gasteiger partial charge is 0.384 e. The first-order valence-corrected chi connectivity index (χ1v) is 6.71. The number of methoxy groups -OCH3 is 1. The predicted molar refractivity (Wildman–Crippen MR) is 74.1 cm³/mol. The Morgan fingerprint density at radius 2 is 2.24 bits per heavy atom. The van der Waals surface area contributed by atoms with Gasteiger partial charge >= 0.3 is 0 Å². The fraction of sp³-hybridized carbons (Fsp3) is 0.615. The molecule has 0 saturated carbocycles. The summed E-state index contributed by atoms with van der Waals surface area (Å²) in [4.78, 5) is 4.40. The molecule has 96 valence electrons. The first-order valence-electron chi connectivity index (χ1n) is 5.92. The Balaban J connectivity index is 2.48. The van der Waals surface area contributed by atoms with Crippen molar-refractivity contribution in [1.82, 2.24) is 10.3 Å². The Morgan fingerprint density at radius 1 is 1.47 bits per heavy atom. The van der Waals surface area contributed by atoms with Crippen LogP contribution in [-0.4, -0.2) is 31.8 Å². The van der Waals surface area contributed by atoms with Gasteiger partial charge in [-0.25, -0.2) is 0 Å². The van der Waals surface area contributed by atoms with Crippen molar-refractivity contribution in [3.63, 3.8) is 0 Å². The summed E-state index contributed by atoms with van der Waals surface area (Å²) < 4.78 is 6.19. The second kappa shape index (κ2) is 7.80. The molecule has 0 spiro atoms. The van der Waals surface area contributed by atoms with Crippen molar-refractivity contribution in [3.05, 3.63) is 28.5 Å². The van der Waals surface area contributed by atoms with Gasteiger partial charge in [0.15, 0.2) is 0 Å². The summed E-state index contributed by atoms with van der Waals surface area (Å²) >= 11 is 3.39. The average molecular weight is 301 g/mol. The van der Waals surface area contributed by atoms with E-state index < -0.39 is 0 Å². The number of ether oxygens (including phenoxy) is 1. The summed E-state index contributed by atoms with van der Waals surface area (Å²) in [5.41, 5.74) is 1.12. The third kappa shape index (κ3) is 5.61. The highest BCUT2D eigenvalue weighted by atomic mass is 79.9. The topological polar surface area (TPSA) is 34.2 Å². The van der Waals surface area contributed by atoms with Gasteiger partial charge in [-0.05, 0) is 47.4 Å². The van der Waals surface area contributed by atoms with Crippen LogP contribution in [-0.2, 0) is 11.2 Å². The van der Waals surface area contributed by atoms with Crippen LogP contribution >= 0.6 is 15.9 Å². The smallest absolute Gasteiger partial charge is 0.0488 e. The molecule has 1 N–H and O–H groups in total. The molecule has 2 atom stereocenters. The lowest BCUT2D eigenvalue weighted by Gasteiger charge is -2.19. The molecular formula is C13H21BrN2O. The van der Waals surface area contributed by atoms with E-state index in [9.17, 15) is 0 Å². The van der Waals surface area contributed by atoms with Gasteiger partial charge in [-0.15, -0.1) is 0 Å². The number of hydrogen-bond donors (Lipinski definition) is 1. The molecule has 0 aliphatic heterocycles. The molecule has 3 nitrogen and oxygen atoms in total. The summed E-state index contributed by atoms with van der Waals surface area (Å²) in [5.74, 6) is 0.563. The summed E-state index contributed by atoms with van der Waals surface area (Å²) in [7, 11) is 3.75. The molecule has 17 heavy (non-hydrogen) atoms. The number of nitrogens with one attached hydrogen (secondary N) is 1. The highest BCUT2D eigenvalue weighted by Gasteiger charge is 2.12. The zero-order valence-electron chi connectivity index (χ0n) is 10.7. The van der Waals surface area contributed by atoms with E-state index in [1.807, 2.05) is 19.3 Å². The number of aromatic nitrogens is 1. The number of rotatable bonds is 7. The fourth-order valence-electron chi connectivity index (χ4n) is 1.92. The van der Waals surface area contributed by atoms with Crippen LogP contribution in [0.1, 0.15) is 19.0 Å². The standard InChI is InChI=1S/C13H21BrN2O/c1-10(9-17-3)6-13(15-2)7-12-5-4-11(14)8-16-12/h4-5,8,10,13,15H,6-7,9H2,1-3H3. The van der Waals surface area contributed by atoms with Crippen LogP contribution in [0, 0.1) is 5.92 Å². The van der Waals surface area contributed by atoms with Crippen LogP contribution in [0.15, 0.2) is 22.8 Å². The van der Waals surface area contributed by atoms with Crippen molar-refractivity contribution in [1.29, 1.82) is 0 Å². The maximum absolute atomic E-state index is 5.17. The minimum atomic E-state index is 0.453. The van der Waals surface area contributed by atoms with Gasteiger partial charge in [-0.3, -0.25) is 4.98 Å². The van der Waals surface area contributed by atoms with Gasteiger partial charge in [0.2, 0.25) is 0 Å². The number of hydrogen-bond acceptors (Lipinski definition) is 3. The minimum Gasteiger partial charge on any atom is -0.384 e. The lowest BCUT2D eigenvalue weighted by Crippen LogP contribution is -2.30. The Kier molecular flexibility index (Phi) is 6.70. The van der Waals surface area contributed by atoms with Gasteiger partial charge in [0.1, 0.15) is 0 Å². The SMILES string of the molecule is CNC(Cc1ccc(Br)cn1)CC(C)COC. The van der Waals surface area contributed by atoms with Crippen LogP contribution in [0.2, 0.25) is 0 Å². The number of likely N-dealkylation sites (N-methyl/N-ethyl adjacent to an activating group) is 1. The van der Waals surface area contributed by atoms with E-state index in [-0.39, 0.29) is 0 Å². The summed E-state index contributed by atoms with van der Waals surface area (Å²) in [6.45, 7) is 3.02. The number of pyridine rings is 1. The quantitative estimate of drug-likeness (QED) is 0.840. The molecule has 0 fully saturated rings. The molecule has 0 amide bonds. The molecule has 1 aromatic rings. The Labute approximate surface area is 112 Å². The second-order valence-corrected chi connectivity index (χ2v) is 5.37. The monoisotopic (exact) mass is 300 g/mol. The lowest BCUT2D eigenvalue weighted by atomic mass is 9.99. The molecule has 0 aliphatic carbocycles. The molecule has 4 heteroatoms. The van der Waals surface area contributed by atoms with E-state index in [0.29, 0.717) is 12.0 Å².